The van der Waals surface area contributed by atoms with Gasteiger partial charge in [-0.05, 0) is 69.3 Å². The fourth-order valence-corrected chi connectivity index (χ4v) is 3.09. The van der Waals surface area contributed by atoms with Crippen molar-refractivity contribution in [2.24, 2.45) is 5.73 Å². The Hall–Kier alpha value is -0.100. The van der Waals surface area contributed by atoms with Crippen molar-refractivity contribution in [2.45, 2.75) is 38.8 Å². The summed E-state index contributed by atoms with van der Waals surface area (Å²) in [5.74, 6) is 0.803. The third-order valence-corrected chi connectivity index (χ3v) is 4.12. The van der Waals surface area contributed by atoms with E-state index in [2.05, 4.69) is 50.9 Å². The molecule has 0 fully saturated rings. The Morgan fingerprint density at radius 1 is 1.26 bits per heavy atom. The summed E-state index contributed by atoms with van der Waals surface area (Å²) in [5, 5.41) is 0. The van der Waals surface area contributed by atoms with Crippen LogP contribution in [0.3, 0.4) is 0 Å². The Balaban J connectivity index is 2.79. The first-order chi connectivity index (χ1) is 8.97. The molecule has 0 spiro atoms. The smallest absolute Gasteiger partial charge is 0.147 e. The van der Waals surface area contributed by atoms with Crippen LogP contribution in [0, 0.1) is 0 Å². The first-order valence-corrected chi connectivity index (χ1v) is 7.95. The zero-order chi connectivity index (χ0) is 14.4. The second-order valence-electron chi connectivity index (χ2n) is 4.62. The van der Waals surface area contributed by atoms with Crippen molar-refractivity contribution in [1.29, 1.82) is 0 Å². The number of hydrogen-bond acceptors (Lipinski definition) is 3. The molecule has 0 saturated carbocycles. The highest BCUT2D eigenvalue weighted by Crippen LogP contribution is 2.35. The second-order valence-corrected chi connectivity index (χ2v) is 6.33. The first kappa shape index (κ1) is 17.0. The number of rotatable bonds is 7. The van der Waals surface area contributed by atoms with Gasteiger partial charge in [-0.25, -0.2) is 0 Å². The molecule has 2 unspecified atom stereocenters. The van der Waals surface area contributed by atoms with Gasteiger partial charge in [0.05, 0.1) is 15.0 Å². The summed E-state index contributed by atoms with van der Waals surface area (Å²) in [6, 6.07) is 4.32. The van der Waals surface area contributed by atoms with E-state index in [0.717, 1.165) is 27.5 Å². The summed E-state index contributed by atoms with van der Waals surface area (Å²) in [5.41, 5.74) is 7.18. The largest absolute Gasteiger partial charge is 0.489 e. The summed E-state index contributed by atoms with van der Waals surface area (Å²) in [7, 11) is 1.67. The first-order valence-electron chi connectivity index (χ1n) is 6.37. The molecule has 1 aromatic carbocycles. The van der Waals surface area contributed by atoms with Crippen molar-refractivity contribution < 1.29 is 9.47 Å². The highest BCUT2D eigenvalue weighted by atomic mass is 79.9. The van der Waals surface area contributed by atoms with Gasteiger partial charge in [0.1, 0.15) is 12.4 Å². The molecule has 0 saturated heterocycles. The lowest BCUT2D eigenvalue weighted by molar-refractivity contribution is 0.0711. The lowest BCUT2D eigenvalue weighted by atomic mass is 10.0. The van der Waals surface area contributed by atoms with E-state index in [-0.39, 0.29) is 12.1 Å². The van der Waals surface area contributed by atoms with Crippen molar-refractivity contribution in [2.75, 3.05) is 13.7 Å². The molecule has 0 amide bonds. The van der Waals surface area contributed by atoms with E-state index in [1.807, 2.05) is 6.92 Å². The average molecular weight is 395 g/mol. The molecular weight excluding hydrogens is 374 g/mol. The summed E-state index contributed by atoms with van der Waals surface area (Å²) < 4.78 is 12.8. The molecule has 2 atom stereocenters. The maximum Gasteiger partial charge on any atom is 0.147 e. The Bertz CT molecular complexity index is 389. The molecule has 19 heavy (non-hydrogen) atoms. The van der Waals surface area contributed by atoms with Crippen LogP contribution in [0.1, 0.15) is 25.8 Å². The number of ether oxygens (including phenoxy) is 2. The Kier molecular flexibility index (Phi) is 7.36. The fraction of sp³-hybridized carbons (Fsp3) is 0.571. The standard InChI is InChI=1S/C14H21Br2NO2/c1-4-11(17)5-10-6-12(15)14(13(16)7-10)19-8-9(2)18-3/h6-7,9,11H,4-5,8,17H2,1-3H3. The molecule has 2 N–H and O–H groups in total. The van der Waals surface area contributed by atoms with E-state index in [4.69, 9.17) is 15.2 Å². The number of benzene rings is 1. The molecule has 0 bridgehead atoms. The Labute approximate surface area is 132 Å². The highest BCUT2D eigenvalue weighted by molar-refractivity contribution is 9.11. The van der Waals surface area contributed by atoms with E-state index >= 15 is 0 Å². The van der Waals surface area contributed by atoms with E-state index in [1.165, 1.54) is 5.56 Å². The lowest BCUT2D eigenvalue weighted by Gasteiger charge is -2.16. The topological polar surface area (TPSA) is 44.5 Å². The van der Waals surface area contributed by atoms with Crippen LogP contribution in [0.25, 0.3) is 0 Å². The van der Waals surface area contributed by atoms with Gasteiger partial charge in [-0.2, -0.15) is 0 Å². The van der Waals surface area contributed by atoms with Crippen molar-refractivity contribution in [1.82, 2.24) is 0 Å². The molecule has 108 valence electrons. The predicted octanol–water partition coefficient (Wildman–Crippen LogP) is 3.91. The summed E-state index contributed by atoms with van der Waals surface area (Å²) in [4.78, 5) is 0. The second kappa shape index (κ2) is 8.25. The van der Waals surface area contributed by atoms with Crippen LogP contribution in [-0.4, -0.2) is 25.9 Å². The molecule has 0 aliphatic rings. The summed E-state index contributed by atoms with van der Waals surface area (Å²) in [6.45, 7) is 4.58. The predicted molar refractivity (Wildman–Crippen MR) is 85.8 cm³/mol. The number of nitrogens with two attached hydrogens (primary N) is 1. The summed E-state index contributed by atoms with van der Waals surface area (Å²) >= 11 is 7.09. The van der Waals surface area contributed by atoms with Crippen LogP contribution in [0.5, 0.6) is 5.75 Å². The minimum Gasteiger partial charge on any atom is -0.489 e. The maximum absolute atomic E-state index is 5.98. The minimum atomic E-state index is 0.0620. The van der Waals surface area contributed by atoms with E-state index in [0.29, 0.717) is 6.61 Å². The molecule has 3 nitrogen and oxygen atoms in total. The molecule has 1 aromatic rings. The average Bonchev–Trinajstić information content (AvgIpc) is 2.37. The zero-order valence-corrected chi connectivity index (χ0v) is 14.8. The van der Waals surface area contributed by atoms with Gasteiger partial charge in [0.25, 0.3) is 0 Å². The van der Waals surface area contributed by atoms with Gasteiger partial charge in [-0.3, -0.25) is 0 Å². The molecule has 1 rings (SSSR count). The summed E-state index contributed by atoms with van der Waals surface area (Å²) in [6.07, 6.45) is 1.90. The molecule has 5 heteroatoms. The molecule has 0 heterocycles. The fourth-order valence-electron chi connectivity index (χ4n) is 1.58. The Morgan fingerprint density at radius 2 is 1.84 bits per heavy atom. The minimum absolute atomic E-state index is 0.0620. The van der Waals surface area contributed by atoms with Crippen LogP contribution in [0.15, 0.2) is 21.1 Å². The van der Waals surface area contributed by atoms with Crippen molar-refractivity contribution in [3.8, 4) is 5.75 Å². The van der Waals surface area contributed by atoms with E-state index in [9.17, 15) is 0 Å². The van der Waals surface area contributed by atoms with E-state index in [1.54, 1.807) is 7.11 Å². The van der Waals surface area contributed by atoms with Crippen molar-refractivity contribution in [3.63, 3.8) is 0 Å². The van der Waals surface area contributed by atoms with Crippen LogP contribution in [0.4, 0.5) is 0 Å². The van der Waals surface area contributed by atoms with Gasteiger partial charge in [-0.15, -0.1) is 0 Å². The van der Waals surface area contributed by atoms with Gasteiger partial charge in [0, 0.05) is 13.2 Å². The van der Waals surface area contributed by atoms with Crippen molar-refractivity contribution >= 4 is 31.9 Å². The van der Waals surface area contributed by atoms with Gasteiger partial charge < -0.3 is 15.2 Å². The van der Waals surface area contributed by atoms with Gasteiger partial charge in [0.2, 0.25) is 0 Å². The quantitative estimate of drug-likeness (QED) is 0.762. The van der Waals surface area contributed by atoms with E-state index < -0.39 is 0 Å². The normalized spacial score (nSPS) is 14.2. The highest BCUT2D eigenvalue weighted by Gasteiger charge is 2.12. The zero-order valence-electron chi connectivity index (χ0n) is 11.6. The molecule has 0 radical (unpaired) electrons. The number of methoxy groups -OCH3 is 1. The van der Waals surface area contributed by atoms with Gasteiger partial charge >= 0.3 is 0 Å². The number of hydrogen-bond donors (Lipinski definition) is 1. The Morgan fingerprint density at radius 3 is 2.32 bits per heavy atom. The van der Waals surface area contributed by atoms with Crippen LogP contribution in [0.2, 0.25) is 0 Å². The third kappa shape index (κ3) is 5.42. The van der Waals surface area contributed by atoms with Gasteiger partial charge in [-0.1, -0.05) is 6.92 Å². The van der Waals surface area contributed by atoms with Crippen molar-refractivity contribution in [3.05, 3.63) is 26.6 Å². The molecule has 0 aliphatic carbocycles. The third-order valence-electron chi connectivity index (χ3n) is 2.95. The maximum atomic E-state index is 5.98. The molecular formula is C14H21Br2NO2. The van der Waals surface area contributed by atoms with Crippen LogP contribution < -0.4 is 10.5 Å². The molecule has 0 aromatic heterocycles. The van der Waals surface area contributed by atoms with Crippen LogP contribution >= 0.6 is 31.9 Å². The lowest BCUT2D eigenvalue weighted by Crippen LogP contribution is -2.21. The van der Waals surface area contributed by atoms with Crippen LogP contribution in [-0.2, 0) is 11.2 Å². The SMILES string of the molecule is CCC(N)Cc1cc(Br)c(OCC(C)OC)c(Br)c1. The number of halogens is 2. The van der Waals surface area contributed by atoms with Gasteiger partial charge in [0.15, 0.2) is 0 Å². The molecule has 0 aliphatic heterocycles. The monoisotopic (exact) mass is 393 g/mol.